The number of rotatable bonds is 9. The fourth-order valence-corrected chi connectivity index (χ4v) is 2.79. The third-order valence-electron chi connectivity index (χ3n) is 3.52. The van der Waals surface area contributed by atoms with Gasteiger partial charge in [0.1, 0.15) is 12.3 Å². The van der Waals surface area contributed by atoms with E-state index in [4.69, 9.17) is 9.47 Å². The second kappa shape index (κ2) is 10.3. The number of carbonyl (C=O) groups is 3. The highest BCUT2D eigenvalue weighted by atomic mass is 32.1. The standard InChI is InChI=1S/C19H22N2O5S/c1-3-25-15-8-6-14(7-9-15)19(24)21-12-17(22)26-13(2)18(23)20-11-16-5-4-10-27-16/h4-10,13H,3,11-12H2,1-2H3,(H,20,23)(H,21,24)/t13-/m1/s1. The third kappa shape index (κ3) is 6.74. The minimum atomic E-state index is -0.945. The van der Waals surface area contributed by atoms with Gasteiger partial charge < -0.3 is 20.1 Å². The van der Waals surface area contributed by atoms with E-state index in [2.05, 4.69) is 10.6 Å². The number of ether oxygens (including phenoxy) is 2. The number of amides is 2. The van der Waals surface area contributed by atoms with E-state index in [1.807, 2.05) is 24.4 Å². The lowest BCUT2D eigenvalue weighted by Gasteiger charge is -2.13. The van der Waals surface area contributed by atoms with E-state index < -0.39 is 23.9 Å². The molecule has 1 atom stereocenters. The van der Waals surface area contributed by atoms with Crippen LogP contribution in [0.25, 0.3) is 0 Å². The summed E-state index contributed by atoms with van der Waals surface area (Å²) in [6, 6.07) is 10.4. The highest BCUT2D eigenvalue weighted by Crippen LogP contribution is 2.12. The van der Waals surface area contributed by atoms with Crippen LogP contribution in [0, 0.1) is 0 Å². The number of hydrogen-bond donors (Lipinski definition) is 2. The average molecular weight is 390 g/mol. The van der Waals surface area contributed by atoms with Crippen molar-refractivity contribution >= 4 is 29.1 Å². The summed E-state index contributed by atoms with van der Waals surface area (Å²) >= 11 is 1.53. The molecule has 1 aromatic carbocycles. The molecule has 8 heteroatoms. The highest BCUT2D eigenvalue weighted by Gasteiger charge is 2.18. The lowest BCUT2D eigenvalue weighted by molar-refractivity contribution is -0.153. The van der Waals surface area contributed by atoms with Crippen LogP contribution < -0.4 is 15.4 Å². The Morgan fingerprint density at radius 2 is 1.85 bits per heavy atom. The van der Waals surface area contributed by atoms with Crippen molar-refractivity contribution in [3.63, 3.8) is 0 Å². The second-order valence-electron chi connectivity index (χ2n) is 5.57. The van der Waals surface area contributed by atoms with Crippen molar-refractivity contribution in [3.05, 3.63) is 52.2 Å². The summed E-state index contributed by atoms with van der Waals surface area (Å²) in [7, 11) is 0. The van der Waals surface area contributed by atoms with E-state index in [1.54, 1.807) is 24.3 Å². The van der Waals surface area contributed by atoms with Crippen molar-refractivity contribution in [2.75, 3.05) is 13.2 Å². The molecule has 0 saturated carbocycles. The van der Waals surface area contributed by atoms with E-state index >= 15 is 0 Å². The Morgan fingerprint density at radius 3 is 2.48 bits per heavy atom. The number of carbonyl (C=O) groups excluding carboxylic acids is 3. The van der Waals surface area contributed by atoms with Gasteiger partial charge in [-0.3, -0.25) is 14.4 Å². The van der Waals surface area contributed by atoms with Crippen LogP contribution in [0.2, 0.25) is 0 Å². The van der Waals surface area contributed by atoms with Gasteiger partial charge in [0.25, 0.3) is 11.8 Å². The van der Waals surface area contributed by atoms with E-state index in [0.717, 1.165) is 4.88 Å². The Labute approximate surface area is 161 Å². The molecule has 0 aliphatic carbocycles. The lowest BCUT2D eigenvalue weighted by atomic mass is 10.2. The Morgan fingerprint density at radius 1 is 1.11 bits per heavy atom. The molecular formula is C19H22N2O5S. The molecule has 1 heterocycles. The fraction of sp³-hybridized carbons (Fsp3) is 0.316. The van der Waals surface area contributed by atoms with Gasteiger partial charge in [-0.1, -0.05) is 6.07 Å². The molecule has 1 aromatic heterocycles. The van der Waals surface area contributed by atoms with Crippen LogP contribution in [-0.2, 0) is 20.9 Å². The van der Waals surface area contributed by atoms with Gasteiger partial charge >= 0.3 is 5.97 Å². The number of esters is 1. The van der Waals surface area contributed by atoms with E-state index in [0.29, 0.717) is 24.5 Å². The molecule has 0 spiro atoms. The van der Waals surface area contributed by atoms with Crippen molar-refractivity contribution in [1.82, 2.24) is 10.6 Å². The van der Waals surface area contributed by atoms with Crippen LogP contribution in [-0.4, -0.2) is 37.0 Å². The van der Waals surface area contributed by atoms with Crippen LogP contribution in [0.5, 0.6) is 5.75 Å². The van der Waals surface area contributed by atoms with Gasteiger partial charge in [-0.05, 0) is 49.6 Å². The largest absolute Gasteiger partial charge is 0.494 e. The van der Waals surface area contributed by atoms with Crippen molar-refractivity contribution in [3.8, 4) is 5.75 Å². The summed E-state index contributed by atoms with van der Waals surface area (Å²) in [5.41, 5.74) is 0.396. The van der Waals surface area contributed by atoms with E-state index in [1.165, 1.54) is 18.3 Å². The van der Waals surface area contributed by atoms with Crippen LogP contribution in [0.4, 0.5) is 0 Å². The van der Waals surface area contributed by atoms with Crippen LogP contribution in [0.15, 0.2) is 41.8 Å². The number of thiophene rings is 1. The number of benzene rings is 1. The monoisotopic (exact) mass is 390 g/mol. The summed E-state index contributed by atoms with van der Waals surface area (Å²) in [5.74, 6) is -0.830. The second-order valence-corrected chi connectivity index (χ2v) is 6.60. The molecule has 0 saturated heterocycles. The first-order chi connectivity index (χ1) is 13.0. The van der Waals surface area contributed by atoms with Crippen LogP contribution in [0.1, 0.15) is 29.1 Å². The van der Waals surface area contributed by atoms with Gasteiger partial charge in [0.05, 0.1) is 13.2 Å². The normalized spacial score (nSPS) is 11.3. The molecule has 2 rings (SSSR count). The summed E-state index contributed by atoms with van der Waals surface area (Å²) in [6.45, 7) is 3.95. The third-order valence-corrected chi connectivity index (χ3v) is 4.39. The molecule has 0 aliphatic heterocycles. The van der Waals surface area contributed by atoms with E-state index in [-0.39, 0.29) is 6.54 Å². The molecule has 2 aromatic rings. The van der Waals surface area contributed by atoms with Crippen molar-refractivity contribution < 1.29 is 23.9 Å². The van der Waals surface area contributed by atoms with Gasteiger partial charge in [0, 0.05) is 10.4 Å². The molecule has 0 fully saturated rings. The topological polar surface area (TPSA) is 93.7 Å². The zero-order chi connectivity index (χ0) is 19.6. The van der Waals surface area contributed by atoms with Crippen LogP contribution in [0.3, 0.4) is 0 Å². The molecule has 0 bridgehead atoms. The first-order valence-corrected chi connectivity index (χ1v) is 9.38. The first-order valence-electron chi connectivity index (χ1n) is 8.50. The maximum atomic E-state index is 12.0. The van der Waals surface area contributed by atoms with Crippen LogP contribution >= 0.6 is 11.3 Å². The summed E-state index contributed by atoms with van der Waals surface area (Å²) in [4.78, 5) is 36.8. The van der Waals surface area contributed by atoms with E-state index in [9.17, 15) is 14.4 Å². The van der Waals surface area contributed by atoms with Gasteiger partial charge in [-0.25, -0.2) is 0 Å². The SMILES string of the molecule is CCOc1ccc(C(=O)NCC(=O)O[C@H](C)C(=O)NCc2cccs2)cc1. The lowest BCUT2D eigenvalue weighted by Crippen LogP contribution is -2.38. The van der Waals surface area contributed by atoms with Gasteiger partial charge in [-0.2, -0.15) is 0 Å². The van der Waals surface area contributed by atoms with Crippen molar-refractivity contribution in [1.29, 1.82) is 0 Å². The predicted octanol–water partition coefficient (Wildman–Crippen LogP) is 2.12. The quantitative estimate of drug-likeness (QED) is 0.640. The minimum Gasteiger partial charge on any atom is -0.494 e. The molecule has 0 radical (unpaired) electrons. The fourth-order valence-electron chi connectivity index (χ4n) is 2.15. The van der Waals surface area contributed by atoms with Crippen molar-refractivity contribution in [2.24, 2.45) is 0 Å². The molecule has 0 aliphatic rings. The number of hydrogen-bond acceptors (Lipinski definition) is 6. The molecule has 2 amide bonds. The van der Waals surface area contributed by atoms with Gasteiger partial charge in [0.2, 0.25) is 0 Å². The summed E-state index contributed by atoms with van der Waals surface area (Å²) in [5, 5.41) is 7.07. The Kier molecular flexibility index (Phi) is 7.81. The Balaban J connectivity index is 1.72. The zero-order valence-corrected chi connectivity index (χ0v) is 16.0. The van der Waals surface area contributed by atoms with Gasteiger partial charge in [0.15, 0.2) is 6.10 Å². The first kappa shape index (κ1) is 20.4. The maximum absolute atomic E-state index is 12.0. The van der Waals surface area contributed by atoms with Gasteiger partial charge in [-0.15, -0.1) is 11.3 Å². The minimum absolute atomic E-state index is 0.325. The maximum Gasteiger partial charge on any atom is 0.326 e. The molecule has 7 nitrogen and oxygen atoms in total. The molecule has 144 valence electrons. The number of nitrogens with one attached hydrogen (secondary N) is 2. The molecular weight excluding hydrogens is 368 g/mol. The average Bonchev–Trinajstić information content (AvgIpc) is 3.18. The Hall–Kier alpha value is -2.87. The highest BCUT2D eigenvalue weighted by molar-refractivity contribution is 7.09. The summed E-state index contributed by atoms with van der Waals surface area (Å²) in [6.07, 6.45) is -0.945. The van der Waals surface area contributed by atoms with Crippen molar-refractivity contribution in [2.45, 2.75) is 26.5 Å². The molecule has 27 heavy (non-hydrogen) atoms. The zero-order valence-electron chi connectivity index (χ0n) is 15.2. The smallest absolute Gasteiger partial charge is 0.326 e. The Bertz CT molecular complexity index is 759. The molecule has 0 unspecified atom stereocenters. The predicted molar refractivity (Wildman–Crippen MR) is 102 cm³/mol. The summed E-state index contributed by atoms with van der Waals surface area (Å²) < 4.78 is 10.3. The molecule has 2 N–H and O–H groups in total.